The quantitative estimate of drug-likeness (QED) is 0.160. The van der Waals surface area contributed by atoms with E-state index in [1.807, 2.05) is 0 Å². The topological polar surface area (TPSA) is 14.1 Å². The van der Waals surface area contributed by atoms with Crippen molar-refractivity contribution in [3.63, 3.8) is 0 Å². The van der Waals surface area contributed by atoms with Crippen molar-refractivity contribution in [2.24, 2.45) is 0 Å². The first-order valence-electron chi connectivity index (χ1n) is 23.2. The fourth-order valence-electron chi connectivity index (χ4n) is 10.3. The summed E-state index contributed by atoms with van der Waals surface area (Å²) in [5.41, 5.74) is 18.3. The number of hydrogen-bond donors (Lipinski definition) is 0. The number of benzene rings is 7. The summed E-state index contributed by atoms with van der Waals surface area (Å²) in [6.07, 6.45) is 2.24. The molecule has 2 aliphatic rings. The van der Waals surface area contributed by atoms with Gasteiger partial charge in [-0.2, -0.15) is 0 Å². The van der Waals surface area contributed by atoms with Gasteiger partial charge in [0.15, 0.2) is 0 Å². The van der Waals surface area contributed by atoms with Crippen LogP contribution in [-0.2, 0) is 16.2 Å². The van der Waals surface area contributed by atoms with Gasteiger partial charge in [-0.15, -0.1) is 0 Å². The molecule has 11 rings (SSSR count). The first-order chi connectivity index (χ1) is 31.1. The molecule has 5 heteroatoms. The molecular formula is C60H57BN4. The van der Waals surface area contributed by atoms with Crippen LogP contribution in [0.3, 0.4) is 0 Å². The Morgan fingerprint density at radius 3 is 1.63 bits per heavy atom. The van der Waals surface area contributed by atoms with Gasteiger partial charge in [0.05, 0.1) is 5.69 Å². The first kappa shape index (κ1) is 40.8. The van der Waals surface area contributed by atoms with Crippen molar-refractivity contribution in [2.45, 2.75) is 78.6 Å². The minimum Gasteiger partial charge on any atom is -0.311 e. The molecule has 0 N–H and O–H groups in total. The van der Waals surface area contributed by atoms with Crippen molar-refractivity contribution in [1.82, 2.24) is 4.40 Å². The van der Waals surface area contributed by atoms with Crippen LogP contribution in [0.5, 0.6) is 0 Å². The summed E-state index contributed by atoms with van der Waals surface area (Å²) in [4.78, 5) is 7.56. The summed E-state index contributed by atoms with van der Waals surface area (Å²) in [7, 11) is 0. The van der Waals surface area contributed by atoms with Gasteiger partial charge in [-0.1, -0.05) is 153 Å². The van der Waals surface area contributed by atoms with E-state index in [1.165, 1.54) is 77.9 Å². The number of anilines is 9. The molecule has 0 radical (unpaired) electrons. The van der Waals surface area contributed by atoms with Crippen molar-refractivity contribution < 1.29 is 0 Å². The van der Waals surface area contributed by atoms with Crippen LogP contribution in [0, 0.1) is 0 Å². The third kappa shape index (κ3) is 6.74. The van der Waals surface area contributed by atoms with Crippen LogP contribution in [0.25, 0.3) is 16.3 Å². The van der Waals surface area contributed by atoms with Crippen LogP contribution >= 0.6 is 0 Å². The van der Waals surface area contributed by atoms with Gasteiger partial charge in [0.1, 0.15) is 5.82 Å². The van der Waals surface area contributed by atoms with Crippen LogP contribution in [0.15, 0.2) is 182 Å². The van der Waals surface area contributed by atoms with Crippen LogP contribution < -0.4 is 31.1 Å². The number of aromatic nitrogens is 1. The van der Waals surface area contributed by atoms with E-state index >= 15 is 0 Å². The minimum atomic E-state index is -0.132. The number of pyridine rings is 1. The molecule has 0 unspecified atom stereocenters. The molecule has 4 heterocycles. The van der Waals surface area contributed by atoms with E-state index < -0.39 is 0 Å². The molecule has 9 aromatic rings. The van der Waals surface area contributed by atoms with Crippen molar-refractivity contribution in [3.8, 4) is 0 Å². The van der Waals surface area contributed by atoms with Gasteiger partial charge in [-0.25, -0.2) is 0 Å². The van der Waals surface area contributed by atoms with E-state index in [-0.39, 0.29) is 23.0 Å². The maximum atomic E-state index is 2.57. The Kier molecular flexibility index (Phi) is 9.28. The molecule has 2 aromatic heterocycles. The highest BCUT2D eigenvalue weighted by molar-refractivity contribution is 7.00. The summed E-state index contributed by atoms with van der Waals surface area (Å²) < 4.78 is 2.41. The Balaban J connectivity index is 1.21. The highest BCUT2D eigenvalue weighted by Gasteiger charge is 2.46. The van der Waals surface area contributed by atoms with Crippen molar-refractivity contribution in [2.75, 3.05) is 14.7 Å². The Bertz CT molecular complexity index is 3210. The van der Waals surface area contributed by atoms with E-state index in [4.69, 9.17) is 0 Å². The predicted molar refractivity (Wildman–Crippen MR) is 280 cm³/mol. The van der Waals surface area contributed by atoms with Crippen LogP contribution in [0.1, 0.15) is 79.0 Å². The summed E-state index contributed by atoms with van der Waals surface area (Å²) in [5, 5.41) is 2.46. The molecule has 0 fully saturated rings. The molecule has 0 spiro atoms. The van der Waals surface area contributed by atoms with Crippen molar-refractivity contribution in [3.05, 3.63) is 199 Å². The zero-order valence-corrected chi connectivity index (χ0v) is 39.2. The number of nitrogens with zero attached hydrogens (tertiary/aromatic N) is 4. The standard InChI is InChI=1S/C60H57BN4/c1-58(2,3)41-25-29-45(30-26-41)63(46-31-27-42(28-32-46)59(4,5)6)48-33-34-50-53(39-48)64(44-20-11-10-12-21-44)54-36-43(60(7,8)9)37-55-56(54)61(50)51-38-47-22-15-16-35-62(47)57(51)65(55)52-24-17-19-40-18-13-14-23-49(40)52/h10-39H,1-9H3. The molecule has 0 bridgehead atoms. The maximum Gasteiger partial charge on any atom is 0.254 e. The van der Waals surface area contributed by atoms with Gasteiger partial charge in [0.2, 0.25) is 0 Å². The van der Waals surface area contributed by atoms with E-state index in [0.717, 1.165) is 22.7 Å². The average molecular weight is 845 g/mol. The van der Waals surface area contributed by atoms with Gasteiger partial charge in [0, 0.05) is 56.9 Å². The maximum absolute atomic E-state index is 2.57. The third-order valence-corrected chi connectivity index (χ3v) is 13.8. The van der Waals surface area contributed by atoms with Crippen LogP contribution in [0.2, 0.25) is 0 Å². The molecule has 7 aromatic carbocycles. The third-order valence-electron chi connectivity index (χ3n) is 13.8. The molecule has 4 nitrogen and oxygen atoms in total. The normalized spacial score (nSPS) is 13.5. The number of rotatable bonds is 5. The second kappa shape index (κ2) is 14.8. The lowest BCUT2D eigenvalue weighted by atomic mass is 9.34. The fourth-order valence-corrected chi connectivity index (χ4v) is 10.3. The molecule has 0 aliphatic carbocycles. The van der Waals surface area contributed by atoms with E-state index in [2.05, 4.69) is 264 Å². The van der Waals surface area contributed by atoms with E-state index in [9.17, 15) is 0 Å². The van der Waals surface area contributed by atoms with E-state index in [0.29, 0.717) is 0 Å². The number of para-hydroxylation sites is 1. The largest absolute Gasteiger partial charge is 0.311 e. The monoisotopic (exact) mass is 844 g/mol. The molecule has 320 valence electrons. The smallest absolute Gasteiger partial charge is 0.254 e. The summed E-state index contributed by atoms with van der Waals surface area (Å²) >= 11 is 0. The van der Waals surface area contributed by atoms with Gasteiger partial charge in [0.25, 0.3) is 6.71 Å². The van der Waals surface area contributed by atoms with Crippen molar-refractivity contribution in [1.29, 1.82) is 0 Å². The second-order valence-corrected chi connectivity index (χ2v) is 21.2. The Morgan fingerprint density at radius 2 is 0.985 bits per heavy atom. The minimum absolute atomic E-state index is 0.0234. The molecule has 0 amide bonds. The van der Waals surface area contributed by atoms with E-state index in [1.54, 1.807) is 0 Å². The van der Waals surface area contributed by atoms with Crippen LogP contribution in [-0.4, -0.2) is 11.1 Å². The molecule has 0 atom stereocenters. The summed E-state index contributed by atoms with van der Waals surface area (Å²) in [6.45, 7) is 20.7. The Morgan fingerprint density at radius 1 is 0.415 bits per heavy atom. The first-order valence-corrected chi connectivity index (χ1v) is 23.2. The lowest BCUT2D eigenvalue weighted by Gasteiger charge is -2.44. The molecule has 0 saturated carbocycles. The fraction of sp³-hybridized carbons (Fsp3) is 0.200. The summed E-state index contributed by atoms with van der Waals surface area (Å²) in [6, 6.07) is 66.2. The SMILES string of the molecule is CC(C)(C)c1ccc(N(c2ccc(C(C)(C)C)cc2)c2ccc3c(c2)N(c2ccccc2)c2cc(C(C)(C)C)cc4c2B3c2cc3ccccn3c2N4c2cccc3ccccc23)cc1. The van der Waals surface area contributed by atoms with Crippen LogP contribution in [0.4, 0.5) is 51.3 Å². The van der Waals surface area contributed by atoms with Gasteiger partial charge >= 0.3 is 0 Å². The Labute approximate surface area is 385 Å². The average Bonchev–Trinajstić information content (AvgIpc) is 3.68. The molecular weight excluding hydrogens is 787 g/mol. The van der Waals surface area contributed by atoms with Gasteiger partial charge < -0.3 is 14.2 Å². The van der Waals surface area contributed by atoms with Gasteiger partial charge in [-0.05, 0) is 140 Å². The highest BCUT2D eigenvalue weighted by atomic mass is 15.2. The highest BCUT2D eigenvalue weighted by Crippen LogP contribution is 2.49. The lowest BCUT2D eigenvalue weighted by molar-refractivity contribution is 0.590. The second-order valence-electron chi connectivity index (χ2n) is 21.2. The predicted octanol–water partition coefficient (Wildman–Crippen LogP) is 14.5. The summed E-state index contributed by atoms with van der Waals surface area (Å²) in [5.74, 6) is 1.19. The van der Waals surface area contributed by atoms with Gasteiger partial charge in [-0.3, -0.25) is 4.90 Å². The number of fused-ring (bicyclic) bond motifs is 7. The molecule has 65 heavy (non-hydrogen) atoms. The lowest BCUT2D eigenvalue weighted by Crippen LogP contribution is -2.61. The molecule has 2 aliphatic heterocycles. The zero-order valence-electron chi connectivity index (χ0n) is 39.2. The Hall–Kier alpha value is -6.98. The molecule has 0 saturated heterocycles. The van der Waals surface area contributed by atoms with Crippen molar-refractivity contribution >= 4 is 90.7 Å². The number of hydrogen-bond acceptors (Lipinski definition) is 3. The zero-order chi connectivity index (χ0) is 45.0.